The van der Waals surface area contributed by atoms with Crippen LogP contribution in [0.3, 0.4) is 0 Å². The van der Waals surface area contributed by atoms with Crippen molar-refractivity contribution >= 4 is 23.2 Å². The molecular formula is C12H14ClNO2. The van der Waals surface area contributed by atoms with Crippen molar-refractivity contribution in [3.05, 3.63) is 29.3 Å². The monoisotopic (exact) mass is 239 g/mol. The number of carbonyl (C=O) groups excluding carboxylic acids is 1. The normalized spacial score (nSPS) is 17.6. The molecule has 0 aliphatic heterocycles. The number of hydrogen-bond donors (Lipinski definition) is 2. The van der Waals surface area contributed by atoms with E-state index in [9.17, 15) is 9.90 Å². The Bertz CT molecular complexity index is 396. The maximum atomic E-state index is 12.0. The molecule has 2 rings (SSSR count). The molecule has 1 fully saturated rings. The maximum Gasteiger partial charge on any atom is 0.232 e. The summed E-state index contributed by atoms with van der Waals surface area (Å²) < 4.78 is 0. The van der Waals surface area contributed by atoms with E-state index >= 15 is 0 Å². The molecule has 1 aliphatic carbocycles. The molecule has 0 aromatic heterocycles. The molecule has 0 atom stereocenters. The van der Waals surface area contributed by atoms with Crippen LogP contribution < -0.4 is 5.32 Å². The number of anilines is 1. The van der Waals surface area contributed by atoms with Crippen LogP contribution in [0.2, 0.25) is 5.02 Å². The smallest absolute Gasteiger partial charge is 0.232 e. The molecule has 0 spiro atoms. The highest BCUT2D eigenvalue weighted by Gasteiger charge is 2.43. The first kappa shape index (κ1) is 11.4. The van der Waals surface area contributed by atoms with E-state index in [-0.39, 0.29) is 12.5 Å². The van der Waals surface area contributed by atoms with Crippen molar-refractivity contribution in [3.8, 4) is 0 Å². The fraction of sp³-hybridized carbons (Fsp3) is 0.417. The molecule has 2 N–H and O–H groups in total. The van der Waals surface area contributed by atoms with Crippen LogP contribution in [0.4, 0.5) is 5.69 Å². The lowest BCUT2D eigenvalue weighted by Crippen LogP contribution is -2.44. The zero-order valence-electron chi connectivity index (χ0n) is 8.87. The van der Waals surface area contributed by atoms with Crippen molar-refractivity contribution in [3.63, 3.8) is 0 Å². The van der Waals surface area contributed by atoms with Gasteiger partial charge in [0.1, 0.15) is 0 Å². The molecule has 3 nitrogen and oxygen atoms in total. The number of aliphatic hydroxyl groups excluding tert-OH is 1. The van der Waals surface area contributed by atoms with Gasteiger partial charge >= 0.3 is 0 Å². The van der Waals surface area contributed by atoms with Crippen LogP contribution >= 0.6 is 11.6 Å². The van der Waals surface area contributed by atoms with Gasteiger partial charge in [-0.05, 0) is 25.0 Å². The second kappa shape index (κ2) is 4.44. The van der Waals surface area contributed by atoms with E-state index in [2.05, 4.69) is 5.32 Å². The average Bonchev–Trinajstić information content (AvgIpc) is 2.21. The lowest BCUT2D eigenvalue weighted by atomic mass is 9.68. The Morgan fingerprint density at radius 2 is 2.12 bits per heavy atom. The summed E-state index contributed by atoms with van der Waals surface area (Å²) >= 11 is 5.95. The molecule has 16 heavy (non-hydrogen) atoms. The number of hydrogen-bond acceptors (Lipinski definition) is 2. The van der Waals surface area contributed by atoms with E-state index in [1.165, 1.54) is 0 Å². The molecule has 0 bridgehead atoms. The van der Waals surface area contributed by atoms with Gasteiger partial charge in [0.05, 0.1) is 22.7 Å². The van der Waals surface area contributed by atoms with Crippen LogP contribution in [0.5, 0.6) is 0 Å². The maximum absolute atomic E-state index is 12.0. The number of carbonyl (C=O) groups is 1. The number of halogens is 1. The third-order valence-corrected chi connectivity index (χ3v) is 3.55. The van der Waals surface area contributed by atoms with Crippen molar-refractivity contribution < 1.29 is 9.90 Å². The molecule has 1 amide bonds. The van der Waals surface area contributed by atoms with Gasteiger partial charge in [-0.3, -0.25) is 4.79 Å². The Morgan fingerprint density at radius 3 is 2.62 bits per heavy atom. The Morgan fingerprint density at radius 1 is 1.44 bits per heavy atom. The summed E-state index contributed by atoms with van der Waals surface area (Å²) in [6.07, 6.45) is 2.50. The summed E-state index contributed by atoms with van der Waals surface area (Å²) in [5.41, 5.74) is 0.0213. The molecule has 4 heteroatoms. The van der Waals surface area contributed by atoms with E-state index in [1.807, 2.05) is 12.1 Å². The number of amides is 1. The largest absolute Gasteiger partial charge is 0.395 e. The first-order valence-electron chi connectivity index (χ1n) is 5.35. The minimum absolute atomic E-state index is 0.0940. The second-order valence-electron chi connectivity index (χ2n) is 4.23. The topological polar surface area (TPSA) is 49.3 Å². The Hall–Kier alpha value is -1.06. The predicted molar refractivity (Wildman–Crippen MR) is 63.5 cm³/mol. The van der Waals surface area contributed by atoms with Gasteiger partial charge < -0.3 is 10.4 Å². The van der Waals surface area contributed by atoms with Crippen LogP contribution in [0, 0.1) is 5.41 Å². The zero-order valence-corrected chi connectivity index (χ0v) is 9.63. The van der Waals surface area contributed by atoms with Gasteiger partial charge in [0.25, 0.3) is 0 Å². The molecule has 1 aliphatic rings. The van der Waals surface area contributed by atoms with Crippen molar-refractivity contribution in [2.24, 2.45) is 5.41 Å². The number of aliphatic hydroxyl groups is 1. The van der Waals surface area contributed by atoms with Crippen molar-refractivity contribution in [1.29, 1.82) is 0 Å². The van der Waals surface area contributed by atoms with Crippen molar-refractivity contribution in [2.75, 3.05) is 11.9 Å². The van der Waals surface area contributed by atoms with E-state index in [0.29, 0.717) is 10.7 Å². The molecule has 1 saturated carbocycles. The van der Waals surface area contributed by atoms with E-state index in [0.717, 1.165) is 19.3 Å². The van der Waals surface area contributed by atoms with Crippen molar-refractivity contribution in [1.82, 2.24) is 0 Å². The van der Waals surface area contributed by atoms with Gasteiger partial charge in [-0.2, -0.15) is 0 Å². The molecule has 86 valence electrons. The third-order valence-electron chi connectivity index (χ3n) is 3.22. The molecule has 0 saturated heterocycles. The standard InChI is InChI=1S/C12H14ClNO2/c13-9-4-1-2-5-10(9)14-11(16)12(8-15)6-3-7-12/h1-2,4-5,15H,3,6-8H2,(H,14,16). The van der Waals surface area contributed by atoms with Crippen LogP contribution in [0.1, 0.15) is 19.3 Å². The third kappa shape index (κ3) is 1.93. The Kier molecular flexibility index (Phi) is 3.17. The van der Waals surface area contributed by atoms with Crippen LogP contribution in [-0.4, -0.2) is 17.6 Å². The molecule has 1 aromatic carbocycles. The molecule has 0 heterocycles. The van der Waals surface area contributed by atoms with Crippen LogP contribution in [0.15, 0.2) is 24.3 Å². The summed E-state index contributed by atoms with van der Waals surface area (Å²) in [5, 5.41) is 12.6. The van der Waals surface area contributed by atoms with Gasteiger partial charge in [-0.15, -0.1) is 0 Å². The van der Waals surface area contributed by atoms with Crippen LogP contribution in [-0.2, 0) is 4.79 Å². The van der Waals surface area contributed by atoms with Gasteiger partial charge in [0.15, 0.2) is 0 Å². The summed E-state index contributed by atoms with van der Waals surface area (Å²) in [6.45, 7) is -0.0940. The van der Waals surface area contributed by atoms with Crippen molar-refractivity contribution in [2.45, 2.75) is 19.3 Å². The minimum atomic E-state index is -0.584. The highest BCUT2D eigenvalue weighted by molar-refractivity contribution is 6.33. The predicted octanol–water partition coefficient (Wildman–Crippen LogP) is 2.44. The lowest BCUT2D eigenvalue weighted by Gasteiger charge is -2.38. The van der Waals surface area contributed by atoms with E-state index < -0.39 is 5.41 Å². The molecule has 1 aromatic rings. The number of para-hydroxylation sites is 1. The lowest BCUT2D eigenvalue weighted by molar-refractivity contribution is -0.133. The summed E-state index contributed by atoms with van der Waals surface area (Å²) in [5.74, 6) is -0.130. The fourth-order valence-corrected chi connectivity index (χ4v) is 2.06. The van der Waals surface area contributed by atoms with Gasteiger partial charge in [0, 0.05) is 0 Å². The van der Waals surface area contributed by atoms with Gasteiger partial charge in [-0.1, -0.05) is 30.2 Å². The number of rotatable bonds is 3. The Labute approximate surface area is 99.4 Å². The highest BCUT2D eigenvalue weighted by atomic mass is 35.5. The summed E-state index contributed by atoms with van der Waals surface area (Å²) in [4.78, 5) is 12.0. The van der Waals surface area contributed by atoms with E-state index in [1.54, 1.807) is 12.1 Å². The zero-order chi connectivity index (χ0) is 11.6. The first-order valence-corrected chi connectivity index (χ1v) is 5.73. The van der Waals surface area contributed by atoms with Crippen LogP contribution in [0.25, 0.3) is 0 Å². The number of nitrogens with one attached hydrogen (secondary N) is 1. The quantitative estimate of drug-likeness (QED) is 0.851. The minimum Gasteiger partial charge on any atom is -0.395 e. The SMILES string of the molecule is O=C(Nc1ccccc1Cl)C1(CO)CCC1. The van der Waals surface area contributed by atoms with Gasteiger partial charge in [0.2, 0.25) is 5.91 Å². The molecule has 0 unspecified atom stereocenters. The summed E-state index contributed by atoms with van der Waals surface area (Å²) in [6, 6.07) is 7.10. The molecular weight excluding hydrogens is 226 g/mol. The highest BCUT2D eigenvalue weighted by Crippen LogP contribution is 2.41. The average molecular weight is 240 g/mol. The van der Waals surface area contributed by atoms with Gasteiger partial charge in [-0.25, -0.2) is 0 Å². The Balaban J connectivity index is 2.10. The number of benzene rings is 1. The first-order chi connectivity index (χ1) is 7.68. The summed E-state index contributed by atoms with van der Waals surface area (Å²) in [7, 11) is 0. The van der Waals surface area contributed by atoms with E-state index in [4.69, 9.17) is 11.6 Å². The second-order valence-corrected chi connectivity index (χ2v) is 4.63. The fourth-order valence-electron chi connectivity index (χ4n) is 1.88. The molecule has 0 radical (unpaired) electrons.